The predicted molar refractivity (Wildman–Crippen MR) is 119 cm³/mol. The van der Waals surface area contributed by atoms with Gasteiger partial charge in [0.1, 0.15) is 29.1 Å². The average molecular weight is 509 g/mol. The van der Waals surface area contributed by atoms with Crippen LogP contribution in [-0.4, -0.2) is 28.6 Å². The van der Waals surface area contributed by atoms with E-state index in [4.69, 9.17) is 9.47 Å². The third-order valence-corrected chi connectivity index (χ3v) is 7.09. The molecule has 10 heteroatoms. The van der Waals surface area contributed by atoms with Gasteiger partial charge in [0.05, 0.1) is 22.1 Å². The normalized spacial score (nSPS) is 23.0. The van der Waals surface area contributed by atoms with Crippen LogP contribution >= 0.6 is 11.9 Å². The molecule has 5 rings (SSSR count). The van der Waals surface area contributed by atoms with Gasteiger partial charge < -0.3 is 14.6 Å². The zero-order valence-corrected chi connectivity index (χ0v) is 19.1. The molecule has 0 amide bonds. The first-order valence-corrected chi connectivity index (χ1v) is 11.7. The second-order valence-corrected chi connectivity index (χ2v) is 9.51. The van der Waals surface area contributed by atoms with E-state index in [9.17, 15) is 22.7 Å². The van der Waals surface area contributed by atoms with Crippen molar-refractivity contribution in [1.29, 1.82) is 0 Å². The standard InChI is InChI=1S/C25H20F5NO3S/c26-14-1-4-17(19(28)6-3-14)25(18-5-2-15(27)11-20(18)29)33-22-12-21(30)24(13-23(22)34-25)35-31-9-7-16(32)8-10-31/h1-2,4-6,11-13,16,32H,3,7-10H2. The highest BCUT2D eigenvalue weighted by Crippen LogP contribution is 2.52. The number of fused-ring (bicyclic) bond motifs is 1. The van der Waals surface area contributed by atoms with Crippen molar-refractivity contribution in [3.63, 3.8) is 0 Å². The lowest BCUT2D eigenvalue weighted by atomic mass is 9.95. The van der Waals surface area contributed by atoms with Crippen molar-refractivity contribution in [2.24, 2.45) is 0 Å². The highest BCUT2D eigenvalue weighted by atomic mass is 32.2. The molecule has 1 unspecified atom stereocenters. The Balaban J connectivity index is 1.56. The van der Waals surface area contributed by atoms with E-state index in [0.717, 1.165) is 48.4 Å². The minimum atomic E-state index is -2.28. The van der Waals surface area contributed by atoms with Crippen LogP contribution < -0.4 is 9.47 Å². The Hall–Kier alpha value is -2.82. The van der Waals surface area contributed by atoms with E-state index in [-0.39, 0.29) is 34.0 Å². The van der Waals surface area contributed by atoms with Crippen molar-refractivity contribution in [2.45, 2.75) is 36.0 Å². The summed E-state index contributed by atoms with van der Waals surface area (Å²) >= 11 is 1.13. The Morgan fingerprint density at radius 2 is 1.63 bits per heavy atom. The Morgan fingerprint density at radius 1 is 0.914 bits per heavy atom. The molecule has 0 bridgehead atoms. The minimum absolute atomic E-state index is 0.0112. The highest BCUT2D eigenvalue weighted by Gasteiger charge is 2.51. The molecule has 0 spiro atoms. The Kier molecular flexibility index (Phi) is 6.37. The number of rotatable bonds is 4. The van der Waals surface area contributed by atoms with Crippen LogP contribution in [0.2, 0.25) is 0 Å². The summed E-state index contributed by atoms with van der Waals surface area (Å²) in [6.07, 6.45) is 3.40. The Bertz CT molecular complexity index is 1260. The molecule has 2 aromatic rings. The van der Waals surface area contributed by atoms with E-state index in [1.807, 2.05) is 4.31 Å². The first-order chi connectivity index (χ1) is 16.7. The van der Waals surface area contributed by atoms with Crippen LogP contribution in [0.4, 0.5) is 22.0 Å². The van der Waals surface area contributed by atoms with Crippen molar-refractivity contribution in [2.75, 3.05) is 13.1 Å². The van der Waals surface area contributed by atoms with Gasteiger partial charge in [0, 0.05) is 37.7 Å². The fourth-order valence-electron chi connectivity index (χ4n) is 4.16. The van der Waals surface area contributed by atoms with Crippen LogP contribution in [0.15, 0.2) is 70.7 Å². The van der Waals surface area contributed by atoms with E-state index in [0.29, 0.717) is 32.0 Å². The molecule has 2 heterocycles. The summed E-state index contributed by atoms with van der Waals surface area (Å²) in [4.78, 5) is 0.191. The summed E-state index contributed by atoms with van der Waals surface area (Å²) in [6, 6.07) is 5.00. The number of halogens is 5. The van der Waals surface area contributed by atoms with Gasteiger partial charge in [0.15, 0.2) is 11.5 Å². The fraction of sp³-hybridized carbons (Fsp3) is 0.280. The number of allylic oxidation sites excluding steroid dienone is 4. The van der Waals surface area contributed by atoms with Gasteiger partial charge in [-0.3, -0.25) is 0 Å². The Morgan fingerprint density at radius 3 is 2.34 bits per heavy atom. The second kappa shape index (κ2) is 9.33. The molecular weight excluding hydrogens is 489 g/mol. The molecule has 4 nitrogen and oxygen atoms in total. The zero-order chi connectivity index (χ0) is 24.7. The van der Waals surface area contributed by atoms with Crippen LogP contribution in [0.3, 0.4) is 0 Å². The molecule has 2 aliphatic heterocycles. The fourth-order valence-corrected chi connectivity index (χ4v) is 5.13. The molecule has 1 N–H and O–H groups in total. The lowest BCUT2D eigenvalue weighted by molar-refractivity contribution is -0.0526. The lowest BCUT2D eigenvalue weighted by Gasteiger charge is -2.30. The van der Waals surface area contributed by atoms with Crippen molar-refractivity contribution >= 4 is 11.9 Å². The van der Waals surface area contributed by atoms with E-state index in [1.54, 1.807) is 0 Å². The number of aliphatic hydroxyl groups is 1. The first-order valence-electron chi connectivity index (χ1n) is 11.0. The third kappa shape index (κ3) is 4.57. The molecular formula is C25H20F5NO3S. The molecule has 1 saturated heterocycles. The van der Waals surface area contributed by atoms with Gasteiger partial charge >= 0.3 is 5.79 Å². The number of hydrogen-bond donors (Lipinski definition) is 1. The lowest BCUT2D eigenvalue weighted by Crippen LogP contribution is -2.39. The zero-order valence-electron chi connectivity index (χ0n) is 18.2. The maximum absolute atomic E-state index is 15.1. The minimum Gasteiger partial charge on any atom is -0.440 e. The number of hydrogen-bond acceptors (Lipinski definition) is 5. The number of benzene rings is 2. The summed E-state index contributed by atoms with van der Waals surface area (Å²) < 4.78 is 86.3. The molecule has 184 valence electrons. The molecule has 1 fully saturated rings. The number of piperidine rings is 1. The first kappa shape index (κ1) is 23.9. The highest BCUT2D eigenvalue weighted by molar-refractivity contribution is 7.97. The summed E-state index contributed by atoms with van der Waals surface area (Å²) in [5, 5.41) is 9.69. The second-order valence-electron chi connectivity index (χ2n) is 8.38. The van der Waals surface area contributed by atoms with Crippen molar-refractivity contribution in [1.82, 2.24) is 4.31 Å². The van der Waals surface area contributed by atoms with Crippen molar-refractivity contribution in [3.05, 3.63) is 88.8 Å². The van der Waals surface area contributed by atoms with E-state index in [1.165, 1.54) is 6.07 Å². The molecule has 3 aliphatic rings. The van der Waals surface area contributed by atoms with Crippen LogP contribution in [0, 0.1) is 17.5 Å². The summed E-state index contributed by atoms with van der Waals surface area (Å²) in [5.74, 6) is -6.55. The van der Waals surface area contributed by atoms with E-state index >= 15 is 4.39 Å². The topological polar surface area (TPSA) is 41.9 Å². The summed E-state index contributed by atoms with van der Waals surface area (Å²) in [7, 11) is 0. The quantitative estimate of drug-likeness (QED) is 0.391. The maximum atomic E-state index is 15.1. The maximum Gasteiger partial charge on any atom is 0.311 e. The van der Waals surface area contributed by atoms with Crippen molar-refractivity contribution in [3.8, 4) is 11.5 Å². The van der Waals surface area contributed by atoms with Crippen LogP contribution in [0.1, 0.15) is 24.8 Å². The van der Waals surface area contributed by atoms with Crippen LogP contribution in [0.5, 0.6) is 11.5 Å². The largest absolute Gasteiger partial charge is 0.440 e. The molecule has 0 radical (unpaired) electrons. The molecule has 1 atom stereocenters. The smallest absolute Gasteiger partial charge is 0.311 e. The van der Waals surface area contributed by atoms with Gasteiger partial charge in [-0.25, -0.2) is 26.3 Å². The number of nitrogens with zero attached hydrogens (tertiary/aromatic N) is 1. The van der Waals surface area contributed by atoms with E-state index in [2.05, 4.69) is 0 Å². The predicted octanol–water partition coefficient (Wildman–Crippen LogP) is 6.23. The molecule has 0 saturated carbocycles. The number of aliphatic hydroxyl groups excluding tert-OH is 1. The molecule has 2 aromatic carbocycles. The van der Waals surface area contributed by atoms with Gasteiger partial charge in [-0.1, -0.05) is 0 Å². The molecule has 35 heavy (non-hydrogen) atoms. The van der Waals surface area contributed by atoms with Gasteiger partial charge in [0.25, 0.3) is 0 Å². The van der Waals surface area contributed by atoms with Gasteiger partial charge in [-0.05, 0) is 55.2 Å². The molecule has 1 aliphatic carbocycles. The van der Waals surface area contributed by atoms with E-state index < -0.39 is 41.0 Å². The van der Waals surface area contributed by atoms with Gasteiger partial charge in [0.2, 0.25) is 0 Å². The average Bonchev–Trinajstić information content (AvgIpc) is 3.08. The summed E-state index contributed by atoms with van der Waals surface area (Å²) in [6.45, 7) is 1.09. The van der Waals surface area contributed by atoms with Gasteiger partial charge in [-0.2, -0.15) is 0 Å². The number of ether oxygens (including phenoxy) is 2. The SMILES string of the molecule is OC1CCN(Sc2cc3c(cc2F)OC(C2=CC=C(F)CC=C2F)(c2ccc(F)cc2F)O3)CC1. The monoisotopic (exact) mass is 509 g/mol. The summed E-state index contributed by atoms with van der Waals surface area (Å²) in [5.41, 5.74) is -0.716. The third-order valence-electron chi connectivity index (χ3n) is 5.96. The van der Waals surface area contributed by atoms with Crippen LogP contribution in [-0.2, 0) is 5.79 Å². The van der Waals surface area contributed by atoms with Crippen LogP contribution in [0.25, 0.3) is 0 Å². The Labute approximate surface area is 202 Å². The molecule has 0 aromatic heterocycles. The van der Waals surface area contributed by atoms with Gasteiger partial charge in [-0.15, -0.1) is 0 Å². The van der Waals surface area contributed by atoms with Crippen molar-refractivity contribution < 1.29 is 36.5 Å².